The van der Waals surface area contributed by atoms with E-state index in [0.29, 0.717) is 12.3 Å². The highest BCUT2D eigenvalue weighted by atomic mass is 16.5. The predicted molar refractivity (Wildman–Crippen MR) is 115 cm³/mol. The van der Waals surface area contributed by atoms with E-state index in [-0.39, 0.29) is 5.57 Å². The second kappa shape index (κ2) is 9.91. The van der Waals surface area contributed by atoms with Gasteiger partial charge in [0.1, 0.15) is 24.0 Å². The first-order chi connectivity index (χ1) is 14.2. The molecule has 0 unspecified atom stereocenters. The van der Waals surface area contributed by atoms with Crippen molar-refractivity contribution >= 4 is 17.7 Å². The summed E-state index contributed by atoms with van der Waals surface area (Å²) in [4.78, 5) is 12.4. The highest BCUT2D eigenvalue weighted by Crippen LogP contribution is 2.17. The van der Waals surface area contributed by atoms with Gasteiger partial charge in [-0.15, -0.1) is 0 Å². The Bertz CT molecular complexity index is 1020. The van der Waals surface area contributed by atoms with E-state index in [9.17, 15) is 10.1 Å². The van der Waals surface area contributed by atoms with Gasteiger partial charge in [-0.05, 0) is 53.5 Å². The second-order valence-corrected chi connectivity index (χ2v) is 6.52. The first kappa shape index (κ1) is 19.9. The SMILES string of the molecule is CCc1ccc(NC(=O)/C(C#N)=C/c2ccc(OCc3ccccc3)cc2)cc1. The monoisotopic (exact) mass is 382 g/mol. The molecule has 0 bridgehead atoms. The van der Waals surface area contributed by atoms with Gasteiger partial charge in [0.2, 0.25) is 0 Å². The van der Waals surface area contributed by atoms with E-state index in [1.165, 1.54) is 5.56 Å². The van der Waals surface area contributed by atoms with E-state index in [4.69, 9.17) is 4.74 Å². The largest absolute Gasteiger partial charge is 0.489 e. The molecule has 0 aromatic heterocycles. The number of hydrogen-bond donors (Lipinski definition) is 1. The standard InChI is InChI=1S/C25H22N2O2/c1-2-19-8-12-23(13-9-19)27-25(28)22(17-26)16-20-10-14-24(15-11-20)29-18-21-6-4-3-5-7-21/h3-16H,2,18H2,1H3,(H,27,28)/b22-16+. The zero-order chi connectivity index (χ0) is 20.5. The molecule has 3 aromatic rings. The van der Waals surface area contributed by atoms with Crippen LogP contribution in [0, 0.1) is 11.3 Å². The van der Waals surface area contributed by atoms with E-state index in [2.05, 4.69) is 12.2 Å². The molecule has 3 aromatic carbocycles. The maximum Gasteiger partial charge on any atom is 0.266 e. The fourth-order valence-corrected chi connectivity index (χ4v) is 2.74. The third kappa shape index (κ3) is 5.82. The number of aryl methyl sites for hydroxylation is 1. The van der Waals surface area contributed by atoms with Gasteiger partial charge in [-0.3, -0.25) is 4.79 Å². The van der Waals surface area contributed by atoms with Gasteiger partial charge in [0.25, 0.3) is 5.91 Å². The fraction of sp³-hybridized carbons (Fsp3) is 0.120. The molecule has 0 aliphatic carbocycles. The summed E-state index contributed by atoms with van der Waals surface area (Å²) < 4.78 is 5.76. The van der Waals surface area contributed by atoms with E-state index < -0.39 is 5.91 Å². The Hall–Kier alpha value is -3.84. The summed E-state index contributed by atoms with van der Waals surface area (Å²) in [5.41, 5.74) is 3.74. The summed E-state index contributed by atoms with van der Waals surface area (Å²) in [5.74, 6) is 0.297. The van der Waals surface area contributed by atoms with Gasteiger partial charge in [0.15, 0.2) is 0 Å². The minimum atomic E-state index is -0.429. The maximum atomic E-state index is 12.4. The summed E-state index contributed by atoms with van der Waals surface area (Å²) in [6, 6.07) is 26.8. The van der Waals surface area contributed by atoms with Crippen LogP contribution in [0.5, 0.6) is 5.75 Å². The molecule has 0 aliphatic rings. The van der Waals surface area contributed by atoms with Crippen molar-refractivity contribution in [2.75, 3.05) is 5.32 Å². The molecule has 0 aliphatic heterocycles. The molecule has 0 atom stereocenters. The number of ether oxygens (including phenoxy) is 1. The van der Waals surface area contributed by atoms with Gasteiger partial charge < -0.3 is 10.1 Å². The Morgan fingerprint density at radius 3 is 2.28 bits per heavy atom. The van der Waals surface area contributed by atoms with Gasteiger partial charge in [-0.25, -0.2) is 0 Å². The van der Waals surface area contributed by atoms with E-state index in [1.54, 1.807) is 6.08 Å². The number of nitrogens with zero attached hydrogens (tertiary/aromatic N) is 1. The first-order valence-electron chi connectivity index (χ1n) is 9.47. The fourth-order valence-electron chi connectivity index (χ4n) is 2.74. The number of hydrogen-bond acceptors (Lipinski definition) is 3. The molecular formula is C25H22N2O2. The molecule has 0 fully saturated rings. The van der Waals surface area contributed by atoms with Crippen molar-refractivity contribution in [2.24, 2.45) is 0 Å². The van der Waals surface area contributed by atoms with Crippen LogP contribution >= 0.6 is 0 Å². The van der Waals surface area contributed by atoms with E-state index in [1.807, 2.05) is 84.9 Å². The van der Waals surface area contributed by atoms with Crippen molar-refractivity contribution in [2.45, 2.75) is 20.0 Å². The molecule has 0 radical (unpaired) electrons. The summed E-state index contributed by atoms with van der Waals surface area (Å²) in [6.07, 6.45) is 2.50. The van der Waals surface area contributed by atoms with Crippen molar-refractivity contribution in [1.29, 1.82) is 5.26 Å². The lowest BCUT2D eigenvalue weighted by Gasteiger charge is -2.07. The number of benzene rings is 3. The molecule has 0 spiro atoms. The number of nitriles is 1. The molecule has 1 amide bonds. The summed E-state index contributed by atoms with van der Waals surface area (Å²) in [6.45, 7) is 2.56. The highest BCUT2D eigenvalue weighted by Gasteiger charge is 2.09. The number of nitrogens with one attached hydrogen (secondary N) is 1. The Kier molecular flexibility index (Phi) is 6.80. The number of carbonyl (C=O) groups is 1. The summed E-state index contributed by atoms with van der Waals surface area (Å²) >= 11 is 0. The lowest BCUT2D eigenvalue weighted by molar-refractivity contribution is -0.112. The number of carbonyl (C=O) groups excluding carboxylic acids is 1. The maximum absolute atomic E-state index is 12.4. The topological polar surface area (TPSA) is 62.1 Å². The predicted octanol–water partition coefficient (Wildman–Crippen LogP) is 5.37. The number of anilines is 1. The van der Waals surface area contributed by atoms with Crippen LogP contribution in [0.25, 0.3) is 6.08 Å². The quantitative estimate of drug-likeness (QED) is 0.441. The summed E-state index contributed by atoms with van der Waals surface area (Å²) in [7, 11) is 0. The highest BCUT2D eigenvalue weighted by molar-refractivity contribution is 6.09. The van der Waals surface area contributed by atoms with Gasteiger partial charge in [0.05, 0.1) is 0 Å². The Labute approximate surface area is 171 Å². The number of amides is 1. The number of rotatable bonds is 7. The van der Waals surface area contributed by atoms with Gasteiger partial charge in [-0.2, -0.15) is 5.26 Å². The molecule has 144 valence electrons. The van der Waals surface area contributed by atoms with Crippen LogP contribution < -0.4 is 10.1 Å². The van der Waals surface area contributed by atoms with Crippen molar-refractivity contribution < 1.29 is 9.53 Å². The van der Waals surface area contributed by atoms with Crippen molar-refractivity contribution in [3.63, 3.8) is 0 Å². The van der Waals surface area contributed by atoms with Crippen molar-refractivity contribution in [3.05, 3.63) is 101 Å². The molecular weight excluding hydrogens is 360 g/mol. The van der Waals surface area contributed by atoms with Crippen LogP contribution in [0.2, 0.25) is 0 Å². The Morgan fingerprint density at radius 1 is 0.966 bits per heavy atom. The average molecular weight is 382 g/mol. The van der Waals surface area contributed by atoms with Crippen LogP contribution in [0.4, 0.5) is 5.69 Å². The average Bonchev–Trinajstić information content (AvgIpc) is 2.78. The van der Waals surface area contributed by atoms with Crippen LogP contribution in [0.1, 0.15) is 23.6 Å². The van der Waals surface area contributed by atoms with Crippen molar-refractivity contribution in [3.8, 4) is 11.8 Å². The molecule has 4 heteroatoms. The minimum Gasteiger partial charge on any atom is -0.489 e. The second-order valence-electron chi connectivity index (χ2n) is 6.52. The lowest BCUT2D eigenvalue weighted by Crippen LogP contribution is -2.13. The minimum absolute atomic E-state index is 0.0440. The normalized spacial score (nSPS) is 10.8. The van der Waals surface area contributed by atoms with E-state index in [0.717, 1.165) is 23.3 Å². The molecule has 3 rings (SSSR count). The summed E-state index contributed by atoms with van der Waals surface area (Å²) in [5, 5.41) is 12.1. The zero-order valence-corrected chi connectivity index (χ0v) is 16.3. The molecule has 4 nitrogen and oxygen atoms in total. The molecule has 0 saturated heterocycles. The van der Waals surface area contributed by atoms with Gasteiger partial charge >= 0.3 is 0 Å². The third-order valence-corrected chi connectivity index (χ3v) is 4.42. The Balaban J connectivity index is 1.63. The van der Waals surface area contributed by atoms with Crippen LogP contribution in [-0.2, 0) is 17.8 Å². The lowest BCUT2D eigenvalue weighted by atomic mass is 10.1. The molecule has 1 N–H and O–H groups in total. The Morgan fingerprint density at radius 2 is 1.66 bits per heavy atom. The van der Waals surface area contributed by atoms with Crippen LogP contribution in [0.3, 0.4) is 0 Å². The molecule has 0 saturated carbocycles. The van der Waals surface area contributed by atoms with Crippen LogP contribution in [0.15, 0.2) is 84.4 Å². The van der Waals surface area contributed by atoms with E-state index >= 15 is 0 Å². The van der Waals surface area contributed by atoms with Crippen molar-refractivity contribution in [1.82, 2.24) is 0 Å². The first-order valence-corrected chi connectivity index (χ1v) is 9.47. The van der Waals surface area contributed by atoms with Gasteiger partial charge in [0, 0.05) is 5.69 Å². The molecule has 0 heterocycles. The molecule has 29 heavy (non-hydrogen) atoms. The van der Waals surface area contributed by atoms with Gasteiger partial charge in [-0.1, -0.05) is 61.5 Å². The third-order valence-electron chi connectivity index (χ3n) is 4.42. The van der Waals surface area contributed by atoms with Crippen LogP contribution in [-0.4, -0.2) is 5.91 Å². The smallest absolute Gasteiger partial charge is 0.266 e. The zero-order valence-electron chi connectivity index (χ0n) is 16.3.